The number of rotatable bonds is 6. The van der Waals surface area contributed by atoms with Crippen molar-refractivity contribution in [2.24, 2.45) is 4.99 Å². The molecule has 1 unspecified atom stereocenters. The molecule has 8 heteroatoms. The lowest BCUT2D eigenvalue weighted by Gasteiger charge is -2.23. The molecule has 31 heavy (non-hydrogen) atoms. The lowest BCUT2D eigenvalue weighted by atomic mass is 10.1. The van der Waals surface area contributed by atoms with Gasteiger partial charge in [0.25, 0.3) is 5.91 Å². The summed E-state index contributed by atoms with van der Waals surface area (Å²) in [5, 5.41) is 0. The zero-order chi connectivity index (χ0) is 21.8. The zero-order valence-corrected chi connectivity index (χ0v) is 18.3. The van der Waals surface area contributed by atoms with E-state index in [4.69, 9.17) is 14.2 Å². The van der Waals surface area contributed by atoms with Gasteiger partial charge in [-0.3, -0.25) is 9.59 Å². The molecule has 0 fully saturated rings. The van der Waals surface area contributed by atoms with E-state index in [1.807, 2.05) is 18.2 Å². The number of unbranched alkanes of at least 4 members (excludes halogenated alkanes) is 1. The van der Waals surface area contributed by atoms with Gasteiger partial charge in [-0.25, -0.2) is 0 Å². The van der Waals surface area contributed by atoms with Gasteiger partial charge < -0.3 is 18.8 Å². The van der Waals surface area contributed by atoms with Gasteiger partial charge in [-0.1, -0.05) is 42.9 Å². The summed E-state index contributed by atoms with van der Waals surface area (Å²) in [4.78, 5) is 29.6. The Bertz CT molecular complexity index is 1180. The Morgan fingerprint density at radius 3 is 2.81 bits per heavy atom. The summed E-state index contributed by atoms with van der Waals surface area (Å²) in [7, 11) is 1.34. The predicted octanol–water partition coefficient (Wildman–Crippen LogP) is 3.49. The van der Waals surface area contributed by atoms with E-state index in [2.05, 4.69) is 24.0 Å². The highest BCUT2D eigenvalue weighted by atomic mass is 32.1. The molecular weight excluding hydrogens is 416 g/mol. The fourth-order valence-corrected chi connectivity index (χ4v) is 4.49. The summed E-state index contributed by atoms with van der Waals surface area (Å²) in [5.74, 6) is 0.260. The van der Waals surface area contributed by atoms with Gasteiger partial charge in [0, 0.05) is 0 Å². The Kier molecular flexibility index (Phi) is 6.36. The number of hydrogen-bond acceptors (Lipinski definition) is 6. The van der Waals surface area contributed by atoms with Crippen LogP contribution in [0.4, 0.5) is 0 Å². The van der Waals surface area contributed by atoms with E-state index in [0.717, 1.165) is 29.5 Å². The highest BCUT2D eigenvalue weighted by Crippen LogP contribution is 2.31. The first-order valence-corrected chi connectivity index (χ1v) is 11.1. The number of benzene rings is 2. The molecule has 1 aliphatic heterocycles. The Morgan fingerprint density at radius 1 is 1.23 bits per heavy atom. The molecular formula is C23H24N2O5S. The number of aryl methyl sites for hydroxylation is 1. The fourth-order valence-electron chi connectivity index (χ4n) is 3.39. The Hall–Kier alpha value is -3.13. The maximum atomic E-state index is 12.9. The first kappa shape index (κ1) is 21.1. The molecule has 0 bridgehead atoms. The quantitative estimate of drug-likeness (QED) is 0.549. The molecule has 1 aliphatic rings. The number of aromatic nitrogens is 1. The number of hydrogen-bond donors (Lipinski definition) is 0. The van der Waals surface area contributed by atoms with E-state index < -0.39 is 18.0 Å². The van der Waals surface area contributed by atoms with Crippen LogP contribution >= 0.6 is 11.3 Å². The maximum Gasteiger partial charge on any atom is 0.325 e. The number of esters is 1. The van der Waals surface area contributed by atoms with Gasteiger partial charge in [-0.2, -0.15) is 4.99 Å². The second-order valence-electron chi connectivity index (χ2n) is 7.27. The number of para-hydroxylation sites is 2. The zero-order valence-electron chi connectivity index (χ0n) is 17.5. The second-order valence-corrected chi connectivity index (χ2v) is 8.28. The van der Waals surface area contributed by atoms with Crippen LogP contribution in [-0.4, -0.2) is 36.3 Å². The van der Waals surface area contributed by atoms with Crippen molar-refractivity contribution < 1.29 is 23.8 Å². The molecule has 0 spiro atoms. The van der Waals surface area contributed by atoms with E-state index in [1.165, 1.54) is 24.0 Å². The van der Waals surface area contributed by atoms with Crippen molar-refractivity contribution in [2.45, 2.75) is 38.8 Å². The Balaban J connectivity index is 1.69. The third kappa shape index (κ3) is 4.64. The Morgan fingerprint density at radius 2 is 2.03 bits per heavy atom. The fraction of sp³-hybridized carbons (Fsp3) is 0.348. The number of methoxy groups -OCH3 is 1. The minimum absolute atomic E-state index is 0.0260. The third-order valence-electron chi connectivity index (χ3n) is 5.07. The van der Waals surface area contributed by atoms with Gasteiger partial charge in [-0.05, 0) is 42.7 Å². The summed E-state index contributed by atoms with van der Waals surface area (Å²) in [6.07, 6.45) is 2.37. The van der Waals surface area contributed by atoms with Crippen LogP contribution in [0.15, 0.2) is 47.5 Å². The average molecular weight is 441 g/mol. The number of carbonyl (C=O) groups is 2. The number of thiazole rings is 1. The van der Waals surface area contributed by atoms with Crippen LogP contribution in [0, 0.1) is 0 Å². The van der Waals surface area contributed by atoms with Gasteiger partial charge in [-0.15, -0.1) is 0 Å². The number of ether oxygens (including phenoxy) is 3. The molecule has 1 amide bonds. The number of amides is 1. The molecule has 0 N–H and O–H groups in total. The molecule has 162 valence electrons. The third-order valence-corrected chi connectivity index (χ3v) is 6.11. The minimum atomic E-state index is -0.841. The van der Waals surface area contributed by atoms with Gasteiger partial charge in [0.05, 0.1) is 17.3 Å². The van der Waals surface area contributed by atoms with Gasteiger partial charge in [0.15, 0.2) is 16.3 Å². The highest BCUT2D eigenvalue weighted by molar-refractivity contribution is 7.16. The molecule has 4 rings (SSSR count). The van der Waals surface area contributed by atoms with E-state index in [0.29, 0.717) is 16.3 Å². The van der Waals surface area contributed by atoms with Crippen molar-refractivity contribution in [3.8, 4) is 11.5 Å². The standard InChI is InChI=1S/C23H24N2O5S/c1-3-4-7-15-10-11-16-20(12-15)31-23(25(16)13-21(26)28-2)24-22(27)19-14-29-17-8-5-6-9-18(17)30-19/h5-6,8-12,19H,3-4,7,13-14H2,1-2H3. The molecule has 2 aromatic carbocycles. The molecule has 0 saturated carbocycles. The van der Waals surface area contributed by atoms with Crippen LogP contribution in [0.25, 0.3) is 10.2 Å². The largest absolute Gasteiger partial charge is 0.485 e. The van der Waals surface area contributed by atoms with Crippen molar-refractivity contribution in [2.75, 3.05) is 13.7 Å². The van der Waals surface area contributed by atoms with Crippen LogP contribution in [0.2, 0.25) is 0 Å². The van der Waals surface area contributed by atoms with E-state index in [1.54, 1.807) is 16.7 Å². The molecule has 1 atom stereocenters. The summed E-state index contributed by atoms with van der Waals surface area (Å²) >= 11 is 1.37. The summed E-state index contributed by atoms with van der Waals surface area (Å²) in [6, 6.07) is 13.3. The normalized spacial score (nSPS) is 15.8. The van der Waals surface area contributed by atoms with Crippen molar-refractivity contribution in [3.63, 3.8) is 0 Å². The molecule has 1 aromatic heterocycles. The van der Waals surface area contributed by atoms with Crippen LogP contribution in [0.3, 0.4) is 0 Å². The predicted molar refractivity (Wildman–Crippen MR) is 117 cm³/mol. The topological polar surface area (TPSA) is 79.1 Å². The lowest BCUT2D eigenvalue weighted by molar-refractivity contribution is -0.141. The minimum Gasteiger partial charge on any atom is -0.485 e. The molecule has 3 aromatic rings. The molecule has 0 saturated heterocycles. The monoisotopic (exact) mass is 440 g/mol. The van der Waals surface area contributed by atoms with Crippen molar-refractivity contribution in [3.05, 3.63) is 52.8 Å². The van der Waals surface area contributed by atoms with Gasteiger partial charge in [0.2, 0.25) is 6.10 Å². The van der Waals surface area contributed by atoms with Gasteiger partial charge in [0.1, 0.15) is 13.2 Å². The first-order chi connectivity index (χ1) is 15.1. The smallest absolute Gasteiger partial charge is 0.325 e. The summed E-state index contributed by atoms with van der Waals surface area (Å²) in [6.45, 7) is 2.22. The molecule has 0 radical (unpaired) electrons. The molecule has 0 aliphatic carbocycles. The van der Waals surface area contributed by atoms with Crippen molar-refractivity contribution in [1.29, 1.82) is 0 Å². The average Bonchev–Trinajstić information content (AvgIpc) is 3.13. The van der Waals surface area contributed by atoms with Crippen LogP contribution in [-0.2, 0) is 27.3 Å². The number of carbonyl (C=O) groups excluding carboxylic acids is 2. The SMILES string of the molecule is CCCCc1ccc2c(c1)sc(=NC(=O)C1COc3ccccc3O1)n2CC(=O)OC. The molecule has 2 heterocycles. The Labute approximate surface area is 183 Å². The van der Waals surface area contributed by atoms with E-state index in [9.17, 15) is 9.59 Å². The number of nitrogens with zero attached hydrogens (tertiary/aromatic N) is 2. The van der Waals surface area contributed by atoms with Crippen molar-refractivity contribution in [1.82, 2.24) is 4.57 Å². The molecule has 7 nitrogen and oxygen atoms in total. The lowest BCUT2D eigenvalue weighted by Crippen LogP contribution is -2.37. The van der Waals surface area contributed by atoms with Gasteiger partial charge >= 0.3 is 5.97 Å². The van der Waals surface area contributed by atoms with Crippen LogP contribution < -0.4 is 14.3 Å². The van der Waals surface area contributed by atoms with Crippen molar-refractivity contribution >= 4 is 33.4 Å². The highest BCUT2D eigenvalue weighted by Gasteiger charge is 2.27. The second kappa shape index (κ2) is 9.34. The summed E-state index contributed by atoms with van der Waals surface area (Å²) < 4.78 is 18.9. The maximum absolute atomic E-state index is 12.9. The van der Waals surface area contributed by atoms with Crippen LogP contribution in [0.5, 0.6) is 11.5 Å². The van der Waals surface area contributed by atoms with E-state index in [-0.39, 0.29) is 13.2 Å². The van der Waals surface area contributed by atoms with E-state index >= 15 is 0 Å². The summed E-state index contributed by atoms with van der Waals surface area (Å²) in [5.41, 5.74) is 2.06. The number of fused-ring (bicyclic) bond motifs is 2. The van der Waals surface area contributed by atoms with Crippen LogP contribution in [0.1, 0.15) is 25.3 Å². The first-order valence-electron chi connectivity index (χ1n) is 10.2.